The molecule has 49 heavy (non-hydrogen) atoms. The third-order valence-electron chi connectivity index (χ3n) is 15.5. The second kappa shape index (κ2) is 11.6. The number of nitrogens with zero attached hydrogens (tertiary/aromatic N) is 1. The third kappa shape index (κ3) is 4.86. The summed E-state index contributed by atoms with van der Waals surface area (Å²) in [5, 5.41) is 24.3. The molecular formula is C43H55NO5. The van der Waals surface area contributed by atoms with Crippen LogP contribution in [0.3, 0.4) is 0 Å². The first-order valence-corrected chi connectivity index (χ1v) is 18.6. The molecule has 2 aromatic carbocycles. The number of hydrogen-bond acceptors (Lipinski definition) is 6. The Morgan fingerprint density at radius 3 is 2.08 bits per heavy atom. The average Bonchev–Trinajstić information content (AvgIpc) is 3.09. The predicted molar refractivity (Wildman–Crippen MR) is 191 cm³/mol. The Bertz CT molecular complexity index is 1650. The van der Waals surface area contributed by atoms with Crippen LogP contribution in [0.1, 0.15) is 117 Å². The summed E-state index contributed by atoms with van der Waals surface area (Å²) in [6, 6.07) is 20.0. The molecule has 9 atom stereocenters. The number of fused-ring (bicyclic) bond motifs is 7. The van der Waals surface area contributed by atoms with Crippen LogP contribution in [0.5, 0.6) is 0 Å². The van der Waals surface area contributed by atoms with Crippen LogP contribution in [0.2, 0.25) is 0 Å². The molecule has 0 aliphatic heterocycles. The molecule has 0 radical (unpaired) electrons. The van der Waals surface area contributed by atoms with Crippen LogP contribution in [0.15, 0.2) is 77.5 Å². The number of benzene rings is 2. The number of carbonyl (C=O) groups is 2. The van der Waals surface area contributed by atoms with Gasteiger partial charge in [-0.05, 0) is 115 Å². The molecule has 7 rings (SSSR count). The van der Waals surface area contributed by atoms with E-state index in [2.05, 4.69) is 39.8 Å². The maximum atomic E-state index is 14.8. The number of ketones is 1. The van der Waals surface area contributed by atoms with Crippen LogP contribution >= 0.6 is 0 Å². The second-order valence-electron chi connectivity index (χ2n) is 18.0. The van der Waals surface area contributed by atoms with Crippen molar-refractivity contribution in [3.8, 4) is 0 Å². The van der Waals surface area contributed by atoms with Gasteiger partial charge in [-0.1, -0.05) is 106 Å². The molecule has 0 heterocycles. The second-order valence-corrected chi connectivity index (χ2v) is 18.0. The number of ether oxygens (including phenoxy) is 1. The van der Waals surface area contributed by atoms with Crippen molar-refractivity contribution >= 4 is 17.5 Å². The Kier molecular flexibility index (Phi) is 8.13. The van der Waals surface area contributed by atoms with Crippen molar-refractivity contribution in [3.05, 3.63) is 83.4 Å². The fourth-order valence-corrected chi connectivity index (χ4v) is 12.2. The Balaban J connectivity index is 1.23. The van der Waals surface area contributed by atoms with E-state index < -0.39 is 16.9 Å². The van der Waals surface area contributed by atoms with Crippen LogP contribution in [-0.2, 0) is 14.3 Å². The van der Waals surface area contributed by atoms with Gasteiger partial charge in [0.05, 0.1) is 17.7 Å². The summed E-state index contributed by atoms with van der Waals surface area (Å²) in [4.78, 5) is 29.2. The molecule has 262 valence electrons. The number of aliphatic hydroxyl groups excluding tert-OH is 1. The smallest absolute Gasteiger partial charge is 0.312 e. The van der Waals surface area contributed by atoms with Crippen molar-refractivity contribution in [2.24, 2.45) is 55.4 Å². The molecule has 5 aliphatic carbocycles. The number of allylic oxidation sites excluding steroid dienone is 2. The molecule has 2 aromatic rings. The lowest BCUT2D eigenvalue weighted by molar-refractivity contribution is -0.180. The summed E-state index contributed by atoms with van der Waals surface area (Å²) in [6.45, 7) is 13.5. The summed E-state index contributed by atoms with van der Waals surface area (Å²) in [7, 11) is 0. The van der Waals surface area contributed by atoms with Gasteiger partial charge in [-0.2, -0.15) is 0 Å². The lowest BCUT2D eigenvalue weighted by Gasteiger charge is -2.70. The maximum absolute atomic E-state index is 14.8. The first-order valence-electron chi connectivity index (χ1n) is 18.6. The Morgan fingerprint density at radius 1 is 0.878 bits per heavy atom. The number of carbonyl (C=O) groups excluding carboxylic acids is 2. The molecule has 4 saturated carbocycles. The van der Waals surface area contributed by atoms with Crippen molar-refractivity contribution in [2.75, 3.05) is 6.61 Å². The molecular weight excluding hydrogens is 610 g/mol. The van der Waals surface area contributed by atoms with Crippen LogP contribution in [0, 0.1) is 50.2 Å². The van der Waals surface area contributed by atoms with Crippen molar-refractivity contribution < 1.29 is 24.6 Å². The highest BCUT2D eigenvalue weighted by atomic mass is 16.5. The van der Waals surface area contributed by atoms with Gasteiger partial charge in [0.1, 0.15) is 0 Å². The molecule has 0 bridgehead atoms. The average molecular weight is 666 g/mol. The highest BCUT2D eigenvalue weighted by molar-refractivity contribution is 5.97. The van der Waals surface area contributed by atoms with Gasteiger partial charge in [0.15, 0.2) is 11.9 Å². The van der Waals surface area contributed by atoms with E-state index in [9.17, 15) is 19.9 Å². The van der Waals surface area contributed by atoms with E-state index in [1.807, 2.05) is 73.7 Å². The van der Waals surface area contributed by atoms with Gasteiger partial charge in [-0.3, -0.25) is 9.59 Å². The van der Waals surface area contributed by atoms with Crippen molar-refractivity contribution in [3.63, 3.8) is 0 Å². The van der Waals surface area contributed by atoms with Crippen LogP contribution < -0.4 is 0 Å². The van der Waals surface area contributed by atoms with Crippen molar-refractivity contribution in [1.82, 2.24) is 0 Å². The predicted octanol–water partition coefficient (Wildman–Crippen LogP) is 9.10. The monoisotopic (exact) mass is 665 g/mol. The zero-order chi connectivity index (χ0) is 35.0. The number of aliphatic hydroxyl groups is 1. The van der Waals surface area contributed by atoms with Gasteiger partial charge in [-0.25, -0.2) is 0 Å². The van der Waals surface area contributed by atoms with Crippen molar-refractivity contribution in [2.45, 2.75) is 105 Å². The standard InChI is InChI=1S/C43H55NO5/c1-38-21-22-39(2,37(47)49-35(28-13-9-7-10-14-28)29-15-11-8-12-16-29)26-31(38)30-25-32(46)36-40(3)19-18-34(44-48)41(4,27-45)33(40)17-20-43(36,6)42(30,5)24-23-38/h7-16,25,31,33,35-36,45,48H,17-24,26-27H2,1-6H3/b44-34+/t31-,33+,36+,38+,39-,40-,41-,42+,43+/m0/s1. The van der Waals surface area contributed by atoms with Gasteiger partial charge < -0.3 is 15.1 Å². The lowest BCUT2D eigenvalue weighted by Crippen LogP contribution is -2.67. The van der Waals surface area contributed by atoms with Gasteiger partial charge in [0.2, 0.25) is 0 Å². The molecule has 0 spiro atoms. The minimum atomic E-state index is -0.679. The first-order chi connectivity index (χ1) is 23.2. The van der Waals surface area contributed by atoms with E-state index in [1.54, 1.807) is 0 Å². The molecule has 2 N–H and O–H groups in total. The Labute approximate surface area is 292 Å². The molecule has 0 saturated heterocycles. The molecule has 0 aromatic heterocycles. The van der Waals surface area contributed by atoms with E-state index in [4.69, 9.17) is 4.74 Å². The molecule has 6 heteroatoms. The molecule has 4 fully saturated rings. The van der Waals surface area contributed by atoms with E-state index in [-0.39, 0.29) is 57.8 Å². The van der Waals surface area contributed by atoms with Gasteiger partial charge >= 0.3 is 5.97 Å². The Morgan fingerprint density at radius 2 is 1.49 bits per heavy atom. The summed E-state index contributed by atoms with van der Waals surface area (Å²) in [5.41, 5.74) is 1.74. The van der Waals surface area contributed by atoms with E-state index in [0.717, 1.165) is 56.1 Å². The SMILES string of the molecule is C[C@]1(C(=O)OC(c2ccccc2)c2ccccc2)CC[C@]2(C)CC[C@]3(C)C(=CC(=O)[C@@H]4[C@@]5(C)CC/C(=N\O)[C@@](C)(CO)[C@@H]5CC[C@]43C)[C@@H]2C1. The number of esters is 1. The largest absolute Gasteiger partial charge is 0.452 e. The Hall–Kier alpha value is -3.25. The topological polar surface area (TPSA) is 96.2 Å². The van der Waals surface area contributed by atoms with Crippen molar-refractivity contribution in [1.29, 1.82) is 0 Å². The van der Waals surface area contributed by atoms with E-state index >= 15 is 0 Å². The third-order valence-corrected chi connectivity index (χ3v) is 15.5. The molecule has 5 aliphatic rings. The van der Waals surface area contributed by atoms with Crippen LogP contribution in [0.4, 0.5) is 0 Å². The van der Waals surface area contributed by atoms with Gasteiger partial charge in [0, 0.05) is 11.3 Å². The maximum Gasteiger partial charge on any atom is 0.312 e. The summed E-state index contributed by atoms with van der Waals surface area (Å²) in [6.07, 6.45) is 9.11. The zero-order valence-corrected chi connectivity index (χ0v) is 30.3. The zero-order valence-electron chi connectivity index (χ0n) is 30.3. The molecule has 0 unspecified atom stereocenters. The summed E-state index contributed by atoms with van der Waals surface area (Å²) < 4.78 is 6.51. The van der Waals surface area contributed by atoms with Gasteiger partial charge in [-0.15, -0.1) is 0 Å². The van der Waals surface area contributed by atoms with E-state index in [1.165, 1.54) is 5.57 Å². The highest BCUT2D eigenvalue weighted by Crippen LogP contribution is 2.75. The molecule has 0 amide bonds. The van der Waals surface area contributed by atoms with E-state index in [0.29, 0.717) is 18.6 Å². The summed E-state index contributed by atoms with van der Waals surface area (Å²) in [5.74, 6) is 0.0266. The van der Waals surface area contributed by atoms with Crippen LogP contribution in [0.25, 0.3) is 0 Å². The minimum absolute atomic E-state index is 0.0146. The number of oxime groups is 1. The van der Waals surface area contributed by atoms with Crippen LogP contribution in [-0.4, -0.2) is 34.4 Å². The minimum Gasteiger partial charge on any atom is -0.452 e. The first kappa shape index (κ1) is 34.2. The van der Waals surface area contributed by atoms with Gasteiger partial charge in [0.25, 0.3) is 0 Å². The fraction of sp³-hybridized carbons (Fsp3) is 0.605. The quantitative estimate of drug-likeness (QED) is 0.189. The highest BCUT2D eigenvalue weighted by Gasteiger charge is 2.70. The number of hydrogen-bond donors (Lipinski definition) is 2. The fourth-order valence-electron chi connectivity index (χ4n) is 12.2. The normalized spacial score (nSPS) is 42.4. The lowest BCUT2D eigenvalue weighted by atomic mass is 9.33. The summed E-state index contributed by atoms with van der Waals surface area (Å²) >= 11 is 0. The molecule has 6 nitrogen and oxygen atoms in total. The number of rotatable bonds is 5.